The zero-order valence-electron chi connectivity index (χ0n) is 14.0. The lowest BCUT2D eigenvalue weighted by Crippen LogP contribution is -2.58. The maximum atomic E-state index is 13.9. The highest BCUT2D eigenvalue weighted by Gasteiger charge is 2.61. The fourth-order valence-electron chi connectivity index (χ4n) is 7.15. The molecule has 0 radical (unpaired) electrons. The average molecular weight is 302 g/mol. The van der Waals surface area contributed by atoms with E-state index in [-0.39, 0.29) is 11.2 Å². The summed E-state index contributed by atoms with van der Waals surface area (Å²) in [5, 5.41) is 10.5. The fourth-order valence-corrected chi connectivity index (χ4v) is 7.15. The van der Waals surface area contributed by atoms with Gasteiger partial charge in [0.25, 0.3) is 0 Å². The number of halogens is 1. The third kappa shape index (κ3) is 1.88. The summed E-state index contributed by atoms with van der Waals surface area (Å²) in [6.45, 7) is 7.25. The lowest BCUT2D eigenvalue weighted by Gasteiger charge is -2.66. The summed E-state index contributed by atoms with van der Waals surface area (Å²) in [6, 6.07) is 4.53. The molecule has 1 aromatic carbocycles. The topological polar surface area (TPSA) is 20.2 Å². The van der Waals surface area contributed by atoms with Crippen LogP contribution in [0, 0.1) is 28.5 Å². The summed E-state index contributed by atoms with van der Waals surface area (Å²) in [5.74, 6) is 1.53. The van der Waals surface area contributed by atoms with Gasteiger partial charge in [0.1, 0.15) is 11.6 Å². The van der Waals surface area contributed by atoms with Crippen LogP contribution in [0.3, 0.4) is 0 Å². The van der Waals surface area contributed by atoms with Crippen molar-refractivity contribution in [2.24, 2.45) is 22.7 Å². The van der Waals surface area contributed by atoms with Crippen molar-refractivity contribution in [2.75, 3.05) is 0 Å². The molecule has 3 bridgehead atoms. The molecule has 1 N–H and O–H groups in total. The van der Waals surface area contributed by atoms with Crippen molar-refractivity contribution < 1.29 is 9.50 Å². The molecule has 3 aliphatic carbocycles. The Morgan fingerprint density at radius 2 is 1.95 bits per heavy atom. The van der Waals surface area contributed by atoms with E-state index in [1.54, 1.807) is 12.1 Å². The number of fused-ring (bicyclic) bond motifs is 2. The highest BCUT2D eigenvalue weighted by molar-refractivity contribution is 5.41. The van der Waals surface area contributed by atoms with Crippen LogP contribution in [0.25, 0.3) is 0 Å². The third-order valence-corrected chi connectivity index (χ3v) is 7.22. The van der Waals surface area contributed by atoms with Gasteiger partial charge in [0.05, 0.1) is 0 Å². The maximum Gasteiger partial charge on any atom is 0.123 e. The highest BCUT2D eigenvalue weighted by Crippen LogP contribution is 2.70. The molecule has 0 aliphatic heterocycles. The predicted molar refractivity (Wildman–Crippen MR) is 86.3 cm³/mol. The van der Waals surface area contributed by atoms with Crippen LogP contribution < -0.4 is 0 Å². The number of benzene rings is 1. The molecule has 3 saturated carbocycles. The molecule has 5 unspecified atom stereocenters. The van der Waals surface area contributed by atoms with Gasteiger partial charge in [-0.2, -0.15) is 0 Å². The van der Waals surface area contributed by atoms with Crippen LogP contribution in [0.1, 0.15) is 64.9 Å². The predicted octanol–water partition coefficient (Wildman–Crippen LogP) is 5.42. The van der Waals surface area contributed by atoms with Crippen molar-refractivity contribution in [1.29, 1.82) is 0 Å². The van der Waals surface area contributed by atoms with Crippen molar-refractivity contribution in [3.8, 4) is 5.75 Å². The Morgan fingerprint density at radius 3 is 2.73 bits per heavy atom. The van der Waals surface area contributed by atoms with Crippen LogP contribution in [0.5, 0.6) is 5.75 Å². The van der Waals surface area contributed by atoms with Gasteiger partial charge >= 0.3 is 0 Å². The van der Waals surface area contributed by atoms with Gasteiger partial charge in [-0.05, 0) is 79.4 Å². The third-order valence-electron chi connectivity index (χ3n) is 7.22. The van der Waals surface area contributed by atoms with E-state index in [0.717, 1.165) is 30.7 Å². The van der Waals surface area contributed by atoms with E-state index in [1.807, 2.05) is 0 Å². The minimum absolute atomic E-state index is 0.0374. The van der Waals surface area contributed by atoms with E-state index in [0.29, 0.717) is 22.5 Å². The van der Waals surface area contributed by atoms with Crippen molar-refractivity contribution in [3.63, 3.8) is 0 Å². The molecule has 3 fully saturated rings. The monoisotopic (exact) mass is 302 g/mol. The first-order chi connectivity index (χ1) is 10.3. The molecule has 0 spiro atoms. The van der Waals surface area contributed by atoms with Gasteiger partial charge in [-0.1, -0.05) is 20.8 Å². The molecule has 0 saturated heterocycles. The number of phenolic OH excluding ortho intramolecular Hbond substituents is 1. The van der Waals surface area contributed by atoms with E-state index < -0.39 is 0 Å². The standard InChI is InChI=1S/C20H27FO/c1-13-9-20(16-8-14(21)4-5-17(16)22)11-18(2)7-6-15(13)19(3,10-18)12-20/h4-5,8,13,15,22H,6-7,9-12H2,1-3H3. The van der Waals surface area contributed by atoms with E-state index in [4.69, 9.17) is 0 Å². The number of phenols is 1. The van der Waals surface area contributed by atoms with Crippen molar-refractivity contribution >= 4 is 0 Å². The van der Waals surface area contributed by atoms with Gasteiger partial charge in [0, 0.05) is 11.0 Å². The Bertz CT molecular complexity index is 622. The second kappa shape index (κ2) is 4.27. The Balaban J connectivity index is 1.88. The normalized spacial score (nSPS) is 46.7. The first-order valence-corrected chi connectivity index (χ1v) is 8.74. The summed E-state index contributed by atoms with van der Waals surface area (Å²) < 4.78 is 13.9. The SMILES string of the molecule is CC1CC2(c3cc(F)ccc3O)CC3(C)CCC1C(C)(C3)C2. The van der Waals surface area contributed by atoms with Crippen LogP contribution in [-0.2, 0) is 5.41 Å². The van der Waals surface area contributed by atoms with Crippen molar-refractivity contribution in [1.82, 2.24) is 0 Å². The van der Waals surface area contributed by atoms with Crippen molar-refractivity contribution in [2.45, 2.75) is 64.7 Å². The summed E-state index contributed by atoms with van der Waals surface area (Å²) >= 11 is 0. The lowest BCUT2D eigenvalue weighted by molar-refractivity contribution is -0.127. The lowest BCUT2D eigenvalue weighted by atomic mass is 9.38. The molecule has 3 aliphatic rings. The van der Waals surface area contributed by atoms with E-state index in [1.165, 1.54) is 25.3 Å². The highest BCUT2D eigenvalue weighted by atomic mass is 19.1. The summed E-state index contributed by atoms with van der Waals surface area (Å²) in [7, 11) is 0. The molecule has 22 heavy (non-hydrogen) atoms. The van der Waals surface area contributed by atoms with Gasteiger partial charge in [0.2, 0.25) is 0 Å². The van der Waals surface area contributed by atoms with Gasteiger partial charge in [0.15, 0.2) is 0 Å². The quantitative estimate of drug-likeness (QED) is 0.735. The molecule has 4 rings (SSSR count). The Hall–Kier alpha value is -1.05. The van der Waals surface area contributed by atoms with Gasteiger partial charge in [-0.3, -0.25) is 0 Å². The molecule has 120 valence electrons. The number of rotatable bonds is 1. The van der Waals surface area contributed by atoms with Crippen LogP contribution in [0.4, 0.5) is 4.39 Å². The smallest absolute Gasteiger partial charge is 0.123 e. The fraction of sp³-hybridized carbons (Fsp3) is 0.700. The van der Waals surface area contributed by atoms with E-state index in [2.05, 4.69) is 20.8 Å². The van der Waals surface area contributed by atoms with E-state index >= 15 is 0 Å². The molecule has 0 heterocycles. The van der Waals surface area contributed by atoms with Crippen molar-refractivity contribution in [3.05, 3.63) is 29.6 Å². The molecular weight excluding hydrogens is 275 g/mol. The second-order valence-corrected chi connectivity index (χ2v) is 9.26. The van der Waals surface area contributed by atoms with Crippen LogP contribution in [0.15, 0.2) is 18.2 Å². The maximum absolute atomic E-state index is 13.9. The number of hydrogen-bond donors (Lipinski definition) is 1. The zero-order valence-corrected chi connectivity index (χ0v) is 14.0. The van der Waals surface area contributed by atoms with Crippen LogP contribution >= 0.6 is 0 Å². The first kappa shape index (κ1) is 14.5. The molecule has 1 aromatic rings. The summed E-state index contributed by atoms with van der Waals surface area (Å²) in [5.41, 5.74) is 1.53. The Morgan fingerprint density at radius 1 is 1.18 bits per heavy atom. The minimum atomic E-state index is -0.219. The van der Waals surface area contributed by atoms with Gasteiger partial charge in [-0.15, -0.1) is 0 Å². The second-order valence-electron chi connectivity index (χ2n) is 9.26. The number of hydrogen-bond acceptors (Lipinski definition) is 1. The molecule has 0 amide bonds. The summed E-state index contributed by atoms with van der Waals surface area (Å²) in [4.78, 5) is 0. The Labute approximate surface area is 132 Å². The Kier molecular flexibility index (Phi) is 2.82. The molecule has 2 heteroatoms. The molecular formula is C20H27FO. The van der Waals surface area contributed by atoms with Gasteiger partial charge in [-0.25, -0.2) is 4.39 Å². The first-order valence-electron chi connectivity index (χ1n) is 8.74. The molecule has 1 nitrogen and oxygen atoms in total. The van der Waals surface area contributed by atoms with Crippen LogP contribution in [0.2, 0.25) is 0 Å². The minimum Gasteiger partial charge on any atom is -0.508 e. The molecule has 0 aromatic heterocycles. The molecule has 5 atom stereocenters. The largest absolute Gasteiger partial charge is 0.508 e. The zero-order chi connectivity index (χ0) is 15.8. The average Bonchev–Trinajstić information content (AvgIpc) is 2.38. The number of aromatic hydroxyl groups is 1. The van der Waals surface area contributed by atoms with Gasteiger partial charge < -0.3 is 5.11 Å². The van der Waals surface area contributed by atoms with Crippen LogP contribution in [-0.4, -0.2) is 5.11 Å². The summed E-state index contributed by atoms with van der Waals surface area (Å²) in [6.07, 6.45) is 7.24. The van der Waals surface area contributed by atoms with E-state index in [9.17, 15) is 9.50 Å².